The lowest BCUT2D eigenvalue weighted by Gasteiger charge is -2.23. The summed E-state index contributed by atoms with van der Waals surface area (Å²) < 4.78 is 0. The second kappa shape index (κ2) is 5.77. The van der Waals surface area contributed by atoms with Gasteiger partial charge >= 0.3 is 0 Å². The van der Waals surface area contributed by atoms with Crippen molar-refractivity contribution in [3.63, 3.8) is 0 Å². The summed E-state index contributed by atoms with van der Waals surface area (Å²) >= 11 is 0. The van der Waals surface area contributed by atoms with Gasteiger partial charge in [-0.25, -0.2) is 10.4 Å². The Labute approximate surface area is 147 Å². The van der Waals surface area contributed by atoms with Crippen LogP contribution in [0.2, 0.25) is 0 Å². The van der Waals surface area contributed by atoms with Crippen LogP contribution in [0.3, 0.4) is 0 Å². The molecule has 3 aromatic rings. The average molecular weight is 331 g/mol. The van der Waals surface area contributed by atoms with Crippen molar-refractivity contribution in [2.24, 2.45) is 5.10 Å². The van der Waals surface area contributed by atoms with Crippen LogP contribution in [0.25, 0.3) is 11.0 Å². The molecule has 0 unspecified atom stereocenters. The van der Waals surface area contributed by atoms with Gasteiger partial charge in [0.2, 0.25) is 5.95 Å². The van der Waals surface area contributed by atoms with Gasteiger partial charge in [-0.15, -0.1) is 0 Å². The smallest absolute Gasteiger partial charge is 0.222 e. The molecule has 2 N–H and O–H groups in total. The number of anilines is 2. The molecule has 1 aromatic heterocycles. The summed E-state index contributed by atoms with van der Waals surface area (Å²) in [4.78, 5) is 9.87. The van der Waals surface area contributed by atoms with E-state index in [-0.39, 0.29) is 5.41 Å². The second-order valence-electron chi connectivity index (χ2n) is 6.75. The van der Waals surface area contributed by atoms with Gasteiger partial charge < -0.3 is 9.88 Å². The normalized spacial score (nSPS) is 17.6. The van der Waals surface area contributed by atoms with E-state index in [0.29, 0.717) is 5.95 Å². The Morgan fingerprint density at radius 2 is 1.88 bits per heavy atom. The zero-order valence-corrected chi connectivity index (χ0v) is 14.6. The molecule has 5 heteroatoms. The third-order valence-electron chi connectivity index (χ3n) is 4.81. The monoisotopic (exact) mass is 331 g/mol. The standard InChI is InChI=1S/C20H21N5/c1-20(2)14-8-4-7-11-17(14)25(3)18(20)12-13-21-24-19-22-15-9-5-6-10-16(15)23-19/h4-13H,1-3H3,(H2,22,23,24). The molecular weight excluding hydrogens is 310 g/mol. The largest absolute Gasteiger partial charge is 0.347 e. The lowest BCUT2D eigenvalue weighted by Crippen LogP contribution is -2.23. The van der Waals surface area contributed by atoms with Crippen molar-refractivity contribution < 1.29 is 0 Å². The molecule has 1 aliphatic rings. The fourth-order valence-corrected chi connectivity index (χ4v) is 3.51. The highest BCUT2D eigenvalue weighted by atomic mass is 15.3. The molecule has 0 bridgehead atoms. The molecule has 25 heavy (non-hydrogen) atoms. The molecule has 0 amide bonds. The third-order valence-corrected chi connectivity index (χ3v) is 4.81. The Hall–Kier alpha value is -3.08. The van der Waals surface area contributed by atoms with Crippen molar-refractivity contribution in [3.05, 3.63) is 65.9 Å². The summed E-state index contributed by atoms with van der Waals surface area (Å²) in [5, 5.41) is 4.29. The highest BCUT2D eigenvalue weighted by Gasteiger charge is 2.37. The van der Waals surface area contributed by atoms with Gasteiger partial charge in [-0.1, -0.05) is 44.2 Å². The van der Waals surface area contributed by atoms with Crippen molar-refractivity contribution >= 4 is 28.9 Å². The van der Waals surface area contributed by atoms with Crippen molar-refractivity contribution in [2.75, 3.05) is 17.4 Å². The maximum atomic E-state index is 4.45. The molecule has 0 saturated heterocycles. The Morgan fingerprint density at radius 3 is 2.68 bits per heavy atom. The number of aromatic amines is 1. The molecule has 2 aromatic carbocycles. The lowest BCUT2D eigenvalue weighted by molar-refractivity contribution is 0.641. The SMILES string of the molecule is CN1C(=CC=NNc2nc3ccccc3[nH]2)C(C)(C)c2ccccc21. The van der Waals surface area contributed by atoms with Crippen molar-refractivity contribution in [3.8, 4) is 0 Å². The number of allylic oxidation sites excluding steroid dienone is 2. The average Bonchev–Trinajstić information content (AvgIpc) is 3.11. The molecule has 0 fully saturated rings. The van der Waals surface area contributed by atoms with E-state index in [1.54, 1.807) is 6.21 Å². The lowest BCUT2D eigenvalue weighted by atomic mass is 9.84. The number of aromatic nitrogens is 2. The fourth-order valence-electron chi connectivity index (χ4n) is 3.51. The van der Waals surface area contributed by atoms with Crippen LogP contribution >= 0.6 is 0 Å². The molecule has 126 valence electrons. The van der Waals surface area contributed by atoms with Crippen LogP contribution in [0.1, 0.15) is 19.4 Å². The first-order valence-electron chi connectivity index (χ1n) is 8.35. The number of hydrogen-bond donors (Lipinski definition) is 2. The van der Waals surface area contributed by atoms with Crippen LogP contribution in [0.15, 0.2) is 65.4 Å². The number of nitrogens with one attached hydrogen (secondary N) is 2. The molecule has 4 rings (SSSR count). The van der Waals surface area contributed by atoms with Gasteiger partial charge in [0.25, 0.3) is 0 Å². The fraction of sp³-hybridized carbons (Fsp3) is 0.200. The van der Waals surface area contributed by atoms with Crippen molar-refractivity contribution in [1.82, 2.24) is 9.97 Å². The summed E-state index contributed by atoms with van der Waals surface area (Å²) in [5.41, 5.74) is 8.62. The van der Waals surface area contributed by atoms with Gasteiger partial charge in [0.15, 0.2) is 0 Å². The summed E-state index contributed by atoms with van der Waals surface area (Å²) in [6, 6.07) is 16.4. The van der Waals surface area contributed by atoms with Gasteiger partial charge in [0.05, 0.1) is 11.0 Å². The maximum Gasteiger partial charge on any atom is 0.222 e. The van der Waals surface area contributed by atoms with E-state index in [0.717, 1.165) is 11.0 Å². The predicted molar refractivity (Wildman–Crippen MR) is 104 cm³/mol. The minimum absolute atomic E-state index is 0.0449. The van der Waals surface area contributed by atoms with E-state index < -0.39 is 0 Å². The minimum Gasteiger partial charge on any atom is -0.347 e. The highest BCUT2D eigenvalue weighted by Crippen LogP contribution is 2.46. The van der Waals surface area contributed by atoms with Crippen LogP contribution in [0.4, 0.5) is 11.6 Å². The topological polar surface area (TPSA) is 56.3 Å². The molecule has 0 aliphatic carbocycles. The zero-order valence-electron chi connectivity index (χ0n) is 14.6. The number of H-pyrrole nitrogens is 1. The second-order valence-corrected chi connectivity index (χ2v) is 6.75. The van der Waals surface area contributed by atoms with Gasteiger partial charge in [0.1, 0.15) is 0 Å². The number of hydrogen-bond acceptors (Lipinski definition) is 4. The van der Waals surface area contributed by atoms with Crippen LogP contribution in [0, 0.1) is 0 Å². The van der Waals surface area contributed by atoms with Crippen molar-refractivity contribution in [2.45, 2.75) is 19.3 Å². The maximum absolute atomic E-state index is 4.45. The Kier molecular flexibility index (Phi) is 3.57. The van der Waals surface area contributed by atoms with Crippen LogP contribution in [-0.2, 0) is 5.41 Å². The summed E-state index contributed by atoms with van der Waals surface area (Å²) in [6.45, 7) is 4.48. The number of rotatable bonds is 3. The Morgan fingerprint density at radius 1 is 1.12 bits per heavy atom. The van der Waals surface area contributed by atoms with Gasteiger partial charge in [-0.3, -0.25) is 0 Å². The summed E-state index contributed by atoms with van der Waals surface area (Å²) in [6.07, 6.45) is 3.84. The summed E-state index contributed by atoms with van der Waals surface area (Å²) in [7, 11) is 2.10. The quantitative estimate of drug-likeness (QED) is 0.556. The molecule has 2 heterocycles. The molecule has 0 spiro atoms. The first-order valence-corrected chi connectivity index (χ1v) is 8.35. The van der Waals surface area contributed by atoms with E-state index in [4.69, 9.17) is 0 Å². The molecule has 1 aliphatic heterocycles. The number of hydrazone groups is 1. The minimum atomic E-state index is -0.0449. The van der Waals surface area contributed by atoms with E-state index in [9.17, 15) is 0 Å². The molecule has 0 atom stereocenters. The first-order chi connectivity index (χ1) is 12.1. The first kappa shape index (κ1) is 15.4. The molecular formula is C20H21N5. The Bertz CT molecular complexity index is 947. The molecule has 0 saturated carbocycles. The number of nitrogens with zero attached hydrogens (tertiary/aromatic N) is 3. The number of benzene rings is 2. The van der Waals surface area contributed by atoms with Crippen LogP contribution in [0.5, 0.6) is 0 Å². The van der Waals surface area contributed by atoms with E-state index in [1.165, 1.54) is 16.9 Å². The highest BCUT2D eigenvalue weighted by molar-refractivity contribution is 5.80. The van der Waals surface area contributed by atoms with E-state index in [2.05, 4.69) is 76.6 Å². The number of para-hydroxylation sites is 3. The van der Waals surface area contributed by atoms with Crippen LogP contribution < -0.4 is 10.3 Å². The Balaban J connectivity index is 1.54. The molecule has 0 radical (unpaired) electrons. The molecule has 5 nitrogen and oxygen atoms in total. The van der Waals surface area contributed by atoms with Gasteiger partial charge in [-0.2, -0.15) is 5.10 Å². The number of fused-ring (bicyclic) bond motifs is 2. The predicted octanol–water partition coefficient (Wildman–Crippen LogP) is 4.27. The summed E-state index contributed by atoms with van der Waals surface area (Å²) in [5.74, 6) is 0.637. The van der Waals surface area contributed by atoms with Gasteiger partial charge in [0, 0.05) is 30.1 Å². The zero-order chi connectivity index (χ0) is 17.4. The van der Waals surface area contributed by atoms with Crippen molar-refractivity contribution in [1.29, 1.82) is 0 Å². The third kappa shape index (κ3) is 2.58. The van der Waals surface area contributed by atoms with E-state index in [1.807, 2.05) is 24.3 Å². The number of imidazole rings is 1. The van der Waals surface area contributed by atoms with E-state index >= 15 is 0 Å². The van der Waals surface area contributed by atoms with Gasteiger partial charge in [-0.05, 0) is 29.8 Å². The number of likely N-dealkylation sites (N-methyl/N-ethyl adjacent to an activating group) is 1. The van der Waals surface area contributed by atoms with Crippen LogP contribution in [-0.4, -0.2) is 23.2 Å².